The monoisotopic (exact) mass is 353 g/mol. The third-order valence-electron chi connectivity index (χ3n) is 4.98. The number of amides is 1. The van der Waals surface area contributed by atoms with Gasteiger partial charge in [0.05, 0.1) is 5.54 Å². The number of carbonyl (C=O) groups excluding carboxylic acids is 1. The highest BCUT2D eigenvalue weighted by Gasteiger charge is 2.31. The first-order valence-electron chi connectivity index (χ1n) is 8.83. The van der Waals surface area contributed by atoms with Crippen LogP contribution in [0.15, 0.2) is 30.3 Å². The van der Waals surface area contributed by atoms with Gasteiger partial charge in [0, 0.05) is 25.2 Å². The van der Waals surface area contributed by atoms with Crippen LogP contribution in [0.3, 0.4) is 0 Å². The minimum absolute atomic E-state index is 0. The lowest BCUT2D eigenvalue weighted by Crippen LogP contribution is -2.55. The third kappa shape index (κ3) is 5.47. The highest BCUT2D eigenvalue weighted by Crippen LogP contribution is 2.24. The second kappa shape index (κ2) is 9.40. The summed E-state index contributed by atoms with van der Waals surface area (Å²) in [5.41, 5.74) is 6.72. The van der Waals surface area contributed by atoms with E-state index in [1.54, 1.807) is 0 Å². The Hall–Kier alpha value is -1.10. The molecule has 2 rings (SSSR count). The molecule has 2 unspecified atom stereocenters. The van der Waals surface area contributed by atoms with E-state index in [0.29, 0.717) is 6.04 Å². The number of nitrogens with zero attached hydrogens (tertiary/aromatic N) is 1. The van der Waals surface area contributed by atoms with E-state index >= 15 is 0 Å². The first kappa shape index (κ1) is 20.9. The summed E-state index contributed by atoms with van der Waals surface area (Å²) in [7, 11) is 0. The van der Waals surface area contributed by atoms with Gasteiger partial charge in [-0.3, -0.25) is 9.69 Å². The van der Waals surface area contributed by atoms with Crippen LogP contribution in [0.2, 0.25) is 0 Å². The smallest absolute Gasteiger partial charge is 0.240 e. The Labute approximate surface area is 152 Å². The Bertz CT molecular complexity index is 499. The molecule has 5 heteroatoms. The van der Waals surface area contributed by atoms with Gasteiger partial charge in [0.2, 0.25) is 5.91 Å². The Kier molecular flexibility index (Phi) is 8.20. The summed E-state index contributed by atoms with van der Waals surface area (Å²) in [6, 6.07) is 11.3. The Balaban J connectivity index is 0.00000288. The summed E-state index contributed by atoms with van der Waals surface area (Å²) in [6.45, 7) is 8.17. The molecular weight excluding hydrogens is 322 g/mol. The molecule has 1 aliphatic heterocycles. The molecule has 1 amide bonds. The van der Waals surface area contributed by atoms with Crippen LogP contribution in [-0.2, 0) is 4.79 Å². The number of likely N-dealkylation sites (tertiary alicyclic amines) is 1. The molecule has 3 N–H and O–H groups in total. The number of benzene rings is 1. The number of hydrogen-bond donors (Lipinski definition) is 2. The van der Waals surface area contributed by atoms with Gasteiger partial charge in [-0.25, -0.2) is 0 Å². The highest BCUT2D eigenvalue weighted by atomic mass is 35.5. The maximum Gasteiger partial charge on any atom is 0.240 e. The maximum absolute atomic E-state index is 12.3. The number of nitrogens with two attached hydrogens (primary N) is 1. The van der Waals surface area contributed by atoms with Crippen LogP contribution in [0.1, 0.15) is 58.1 Å². The number of nitrogens with one attached hydrogen (secondary N) is 1. The molecule has 1 fully saturated rings. The van der Waals surface area contributed by atoms with Crippen molar-refractivity contribution >= 4 is 18.3 Å². The lowest BCUT2D eigenvalue weighted by Gasteiger charge is -2.37. The average molecular weight is 354 g/mol. The second-order valence-corrected chi connectivity index (χ2v) is 7.04. The van der Waals surface area contributed by atoms with Crippen molar-refractivity contribution in [2.75, 3.05) is 13.1 Å². The Morgan fingerprint density at radius 2 is 1.92 bits per heavy atom. The molecule has 24 heavy (non-hydrogen) atoms. The molecule has 2 atom stereocenters. The van der Waals surface area contributed by atoms with Gasteiger partial charge < -0.3 is 11.1 Å². The fraction of sp³-hybridized carbons (Fsp3) is 0.632. The number of hydrogen-bond acceptors (Lipinski definition) is 3. The summed E-state index contributed by atoms with van der Waals surface area (Å²) in [4.78, 5) is 14.8. The van der Waals surface area contributed by atoms with Gasteiger partial charge in [0.1, 0.15) is 0 Å². The Morgan fingerprint density at radius 1 is 1.33 bits per heavy atom. The van der Waals surface area contributed by atoms with Gasteiger partial charge in [-0.2, -0.15) is 0 Å². The molecule has 1 heterocycles. The molecule has 1 aromatic carbocycles. The predicted molar refractivity (Wildman–Crippen MR) is 102 cm³/mol. The number of piperidine rings is 1. The summed E-state index contributed by atoms with van der Waals surface area (Å²) in [6.07, 6.45) is 3.63. The highest BCUT2D eigenvalue weighted by molar-refractivity contribution is 5.86. The van der Waals surface area contributed by atoms with E-state index in [0.717, 1.165) is 38.8 Å². The largest absolute Gasteiger partial charge is 0.352 e. The van der Waals surface area contributed by atoms with E-state index in [9.17, 15) is 4.79 Å². The molecule has 0 aromatic heterocycles. The molecule has 0 spiro atoms. The van der Waals surface area contributed by atoms with Crippen molar-refractivity contribution in [2.24, 2.45) is 5.73 Å². The van der Waals surface area contributed by atoms with Gasteiger partial charge in [-0.05, 0) is 38.7 Å². The quantitative estimate of drug-likeness (QED) is 0.825. The van der Waals surface area contributed by atoms with Crippen LogP contribution in [-0.4, -0.2) is 35.5 Å². The van der Waals surface area contributed by atoms with Crippen molar-refractivity contribution in [1.29, 1.82) is 0 Å². The van der Waals surface area contributed by atoms with E-state index in [4.69, 9.17) is 5.73 Å². The minimum atomic E-state index is -0.747. The van der Waals surface area contributed by atoms with Crippen molar-refractivity contribution in [3.8, 4) is 0 Å². The average Bonchev–Trinajstić information content (AvgIpc) is 2.55. The van der Waals surface area contributed by atoms with Crippen molar-refractivity contribution < 1.29 is 4.79 Å². The van der Waals surface area contributed by atoms with Gasteiger partial charge >= 0.3 is 0 Å². The first-order valence-corrected chi connectivity index (χ1v) is 8.83. The summed E-state index contributed by atoms with van der Waals surface area (Å²) in [5.74, 6) is -0.00564. The van der Waals surface area contributed by atoms with Crippen LogP contribution in [0.5, 0.6) is 0 Å². The molecule has 136 valence electrons. The van der Waals surface area contributed by atoms with Crippen LogP contribution in [0, 0.1) is 0 Å². The summed E-state index contributed by atoms with van der Waals surface area (Å²) in [5, 5.41) is 3.15. The number of halogens is 1. The fourth-order valence-electron chi connectivity index (χ4n) is 3.36. The van der Waals surface area contributed by atoms with E-state index < -0.39 is 5.54 Å². The molecule has 0 bridgehead atoms. The molecule has 4 nitrogen and oxygen atoms in total. The third-order valence-corrected chi connectivity index (χ3v) is 4.98. The van der Waals surface area contributed by atoms with E-state index in [1.807, 2.05) is 6.92 Å². The van der Waals surface area contributed by atoms with Crippen molar-refractivity contribution in [3.63, 3.8) is 0 Å². The van der Waals surface area contributed by atoms with E-state index in [1.165, 1.54) is 5.56 Å². The van der Waals surface area contributed by atoms with Crippen LogP contribution >= 0.6 is 12.4 Å². The molecule has 0 aliphatic carbocycles. The normalized spacial score (nSPS) is 19.8. The standard InChI is InChI=1S/C19H31N3O.ClH/c1-4-12-19(3,20)18(23)21-17-10-13-22(14-11-17)15(2)16-8-6-5-7-9-16;/h5-9,15,17H,4,10-14,20H2,1-3H3,(H,21,23);1H. The number of carbonyl (C=O) groups is 1. The van der Waals surface area contributed by atoms with Gasteiger partial charge in [-0.15, -0.1) is 12.4 Å². The second-order valence-electron chi connectivity index (χ2n) is 7.04. The molecule has 1 aliphatic rings. The molecule has 0 radical (unpaired) electrons. The van der Waals surface area contributed by atoms with Crippen molar-refractivity contribution in [1.82, 2.24) is 10.2 Å². The van der Waals surface area contributed by atoms with Gasteiger partial charge in [0.25, 0.3) is 0 Å². The minimum Gasteiger partial charge on any atom is -0.352 e. The van der Waals surface area contributed by atoms with E-state index in [-0.39, 0.29) is 24.4 Å². The molecular formula is C19H32ClN3O. The predicted octanol–water partition coefficient (Wildman–Crippen LogP) is 3.27. The molecule has 0 saturated carbocycles. The zero-order valence-electron chi connectivity index (χ0n) is 15.1. The Morgan fingerprint density at radius 3 is 2.46 bits per heavy atom. The van der Waals surface area contributed by atoms with Crippen LogP contribution in [0.4, 0.5) is 0 Å². The van der Waals surface area contributed by atoms with Crippen LogP contribution < -0.4 is 11.1 Å². The summed E-state index contributed by atoms with van der Waals surface area (Å²) >= 11 is 0. The molecule has 1 saturated heterocycles. The zero-order chi connectivity index (χ0) is 16.9. The molecule has 1 aromatic rings. The van der Waals surface area contributed by atoms with Gasteiger partial charge in [-0.1, -0.05) is 43.7 Å². The zero-order valence-corrected chi connectivity index (χ0v) is 15.9. The lowest BCUT2D eigenvalue weighted by molar-refractivity contribution is -0.127. The van der Waals surface area contributed by atoms with E-state index in [2.05, 4.69) is 54.4 Å². The first-order chi connectivity index (χ1) is 10.9. The number of rotatable bonds is 6. The van der Waals surface area contributed by atoms with Crippen molar-refractivity contribution in [3.05, 3.63) is 35.9 Å². The van der Waals surface area contributed by atoms with Crippen LogP contribution in [0.25, 0.3) is 0 Å². The SMILES string of the molecule is CCCC(C)(N)C(=O)NC1CCN(C(C)c2ccccc2)CC1.Cl. The van der Waals surface area contributed by atoms with Crippen molar-refractivity contribution in [2.45, 2.75) is 64.1 Å². The fourth-order valence-corrected chi connectivity index (χ4v) is 3.36. The lowest BCUT2D eigenvalue weighted by atomic mass is 9.94. The summed E-state index contributed by atoms with van der Waals surface area (Å²) < 4.78 is 0. The topological polar surface area (TPSA) is 58.4 Å². The van der Waals surface area contributed by atoms with Gasteiger partial charge in [0.15, 0.2) is 0 Å². The maximum atomic E-state index is 12.3.